The predicted molar refractivity (Wildman–Crippen MR) is 112 cm³/mol. The highest BCUT2D eigenvalue weighted by atomic mass is 32.2. The standard InChI is InChI=1S/C18H20N4O3S3/c1-10-2-3-11-12(6-10)28-17-15(11)16(20-9-21-17)26-7-13(23)19-4-5-22-14(24)8-27-18(22)25/h9-10H,2-8H2,1H3,(H,19,23)/t10-/m0/s1. The molecular formula is C18H20N4O3S3. The van der Waals surface area contributed by atoms with E-state index in [1.165, 1.54) is 33.5 Å². The van der Waals surface area contributed by atoms with E-state index in [9.17, 15) is 14.4 Å². The van der Waals surface area contributed by atoms with Gasteiger partial charge in [-0.05, 0) is 30.7 Å². The van der Waals surface area contributed by atoms with Crippen LogP contribution in [0.3, 0.4) is 0 Å². The maximum Gasteiger partial charge on any atom is 0.288 e. The lowest BCUT2D eigenvalue weighted by Gasteiger charge is -2.18. The van der Waals surface area contributed by atoms with E-state index in [2.05, 4.69) is 22.2 Å². The number of fused-ring (bicyclic) bond motifs is 3. The van der Waals surface area contributed by atoms with Crippen molar-refractivity contribution >= 4 is 62.1 Å². The highest BCUT2D eigenvalue weighted by Gasteiger charge is 2.29. The van der Waals surface area contributed by atoms with Crippen LogP contribution in [0.25, 0.3) is 10.2 Å². The van der Waals surface area contributed by atoms with Crippen molar-refractivity contribution in [3.63, 3.8) is 0 Å². The molecule has 0 bridgehead atoms. The van der Waals surface area contributed by atoms with Gasteiger partial charge in [0.05, 0.1) is 11.5 Å². The van der Waals surface area contributed by atoms with Crippen molar-refractivity contribution in [2.24, 2.45) is 5.92 Å². The van der Waals surface area contributed by atoms with Crippen LogP contribution in [0.1, 0.15) is 23.8 Å². The first kappa shape index (κ1) is 19.7. The molecule has 28 heavy (non-hydrogen) atoms. The van der Waals surface area contributed by atoms with Gasteiger partial charge in [0.15, 0.2) is 0 Å². The normalized spacial score (nSPS) is 19.3. The fraction of sp³-hybridized carbons (Fsp3) is 0.500. The molecule has 2 aliphatic rings. The summed E-state index contributed by atoms with van der Waals surface area (Å²) in [5.74, 6) is 0.794. The van der Waals surface area contributed by atoms with Gasteiger partial charge < -0.3 is 5.32 Å². The Morgan fingerprint density at radius 2 is 2.25 bits per heavy atom. The molecule has 0 radical (unpaired) electrons. The SMILES string of the molecule is C[C@H]1CCc2c(sc3ncnc(SCC(=O)NCCN4C(=O)CSC4=O)c23)C1. The summed E-state index contributed by atoms with van der Waals surface area (Å²) in [5, 5.41) is 4.50. The quantitative estimate of drug-likeness (QED) is 0.550. The number of carbonyl (C=O) groups is 3. The van der Waals surface area contributed by atoms with Gasteiger partial charge in [-0.3, -0.25) is 19.3 Å². The number of hydrogen-bond donors (Lipinski definition) is 1. The average molecular weight is 437 g/mol. The van der Waals surface area contributed by atoms with Gasteiger partial charge in [-0.1, -0.05) is 30.4 Å². The van der Waals surface area contributed by atoms with Crippen LogP contribution in [0.5, 0.6) is 0 Å². The summed E-state index contributed by atoms with van der Waals surface area (Å²) in [6.45, 7) is 2.76. The minimum Gasteiger partial charge on any atom is -0.354 e. The maximum atomic E-state index is 12.2. The van der Waals surface area contributed by atoms with Gasteiger partial charge in [-0.15, -0.1) is 11.3 Å². The van der Waals surface area contributed by atoms with Crippen molar-refractivity contribution in [3.8, 4) is 0 Å². The molecule has 2 aromatic heterocycles. The number of imide groups is 1. The molecule has 0 unspecified atom stereocenters. The van der Waals surface area contributed by atoms with E-state index < -0.39 is 0 Å². The number of thioether (sulfide) groups is 2. The third-order valence-corrected chi connectivity index (χ3v) is 7.91. The number of aryl methyl sites for hydroxylation is 1. The average Bonchev–Trinajstić information content (AvgIpc) is 3.20. The number of amides is 3. The summed E-state index contributed by atoms with van der Waals surface area (Å²) in [5.41, 5.74) is 1.35. The van der Waals surface area contributed by atoms with Gasteiger partial charge >= 0.3 is 0 Å². The van der Waals surface area contributed by atoms with Crippen LogP contribution in [-0.2, 0) is 22.4 Å². The molecule has 1 fully saturated rings. The van der Waals surface area contributed by atoms with E-state index >= 15 is 0 Å². The van der Waals surface area contributed by atoms with Gasteiger partial charge in [-0.2, -0.15) is 0 Å². The largest absolute Gasteiger partial charge is 0.354 e. The van der Waals surface area contributed by atoms with Crippen molar-refractivity contribution in [3.05, 3.63) is 16.8 Å². The Bertz CT molecular complexity index is 930. The molecule has 1 atom stereocenters. The second-order valence-corrected chi connectivity index (χ2v) is 9.92. The number of aromatic nitrogens is 2. The predicted octanol–water partition coefficient (Wildman–Crippen LogP) is 2.72. The molecule has 3 heterocycles. The first-order chi connectivity index (χ1) is 13.5. The fourth-order valence-electron chi connectivity index (χ4n) is 3.44. The monoisotopic (exact) mass is 436 g/mol. The van der Waals surface area contributed by atoms with Crippen LogP contribution < -0.4 is 5.32 Å². The molecule has 4 rings (SSSR count). The van der Waals surface area contributed by atoms with Crippen LogP contribution in [-0.4, -0.2) is 56.5 Å². The van der Waals surface area contributed by atoms with Crippen LogP contribution in [0.15, 0.2) is 11.4 Å². The van der Waals surface area contributed by atoms with E-state index in [-0.39, 0.29) is 41.6 Å². The van der Waals surface area contributed by atoms with Crippen molar-refractivity contribution in [1.82, 2.24) is 20.2 Å². The molecule has 10 heteroatoms. The second-order valence-electron chi connectivity index (χ2n) is 6.95. The lowest BCUT2D eigenvalue weighted by Crippen LogP contribution is -2.38. The number of rotatable bonds is 6. The summed E-state index contributed by atoms with van der Waals surface area (Å²) in [4.78, 5) is 47.7. The van der Waals surface area contributed by atoms with Crippen molar-refractivity contribution < 1.29 is 14.4 Å². The van der Waals surface area contributed by atoms with E-state index in [0.717, 1.165) is 39.8 Å². The molecule has 0 saturated carbocycles. The molecule has 148 valence electrons. The third-order valence-electron chi connectivity index (χ3n) is 4.90. The van der Waals surface area contributed by atoms with Crippen molar-refractivity contribution in [2.45, 2.75) is 31.2 Å². The van der Waals surface area contributed by atoms with Crippen LogP contribution >= 0.6 is 34.9 Å². The summed E-state index contributed by atoms with van der Waals surface area (Å²) in [7, 11) is 0. The summed E-state index contributed by atoms with van der Waals surface area (Å²) >= 11 is 4.16. The van der Waals surface area contributed by atoms with E-state index in [1.807, 2.05) is 0 Å². The minimum absolute atomic E-state index is 0.138. The van der Waals surface area contributed by atoms with Gasteiger partial charge in [0.25, 0.3) is 5.24 Å². The Morgan fingerprint density at radius 3 is 3.04 bits per heavy atom. The van der Waals surface area contributed by atoms with Crippen LogP contribution in [0.2, 0.25) is 0 Å². The van der Waals surface area contributed by atoms with E-state index in [4.69, 9.17) is 0 Å². The first-order valence-corrected chi connectivity index (χ1v) is 11.9. The van der Waals surface area contributed by atoms with Gasteiger partial charge in [0.1, 0.15) is 16.2 Å². The van der Waals surface area contributed by atoms with Gasteiger partial charge in [0, 0.05) is 23.4 Å². The molecule has 3 amide bonds. The number of hydrogen-bond acceptors (Lipinski definition) is 8. The smallest absolute Gasteiger partial charge is 0.288 e. The molecule has 0 aromatic carbocycles. The number of carbonyl (C=O) groups excluding carboxylic acids is 3. The Labute approximate surface area is 175 Å². The molecule has 7 nitrogen and oxygen atoms in total. The van der Waals surface area contributed by atoms with E-state index in [0.29, 0.717) is 5.92 Å². The zero-order valence-electron chi connectivity index (χ0n) is 15.4. The lowest BCUT2D eigenvalue weighted by atomic mass is 9.89. The van der Waals surface area contributed by atoms with Gasteiger partial charge in [-0.25, -0.2) is 9.97 Å². The maximum absolute atomic E-state index is 12.2. The van der Waals surface area contributed by atoms with E-state index in [1.54, 1.807) is 17.7 Å². The molecular weight excluding hydrogens is 416 g/mol. The first-order valence-electron chi connectivity index (χ1n) is 9.14. The fourth-order valence-corrected chi connectivity index (χ4v) is 6.47. The Kier molecular flexibility index (Phi) is 5.88. The molecule has 1 N–H and O–H groups in total. The number of nitrogens with one attached hydrogen (secondary N) is 1. The zero-order valence-corrected chi connectivity index (χ0v) is 17.8. The Hall–Kier alpha value is -1.65. The van der Waals surface area contributed by atoms with Crippen LogP contribution in [0, 0.1) is 5.92 Å². The molecule has 1 aliphatic carbocycles. The lowest BCUT2D eigenvalue weighted by molar-refractivity contribution is -0.125. The highest BCUT2D eigenvalue weighted by molar-refractivity contribution is 8.14. The minimum atomic E-state index is -0.242. The van der Waals surface area contributed by atoms with Crippen molar-refractivity contribution in [2.75, 3.05) is 24.6 Å². The Balaban J connectivity index is 1.36. The molecule has 1 saturated heterocycles. The highest BCUT2D eigenvalue weighted by Crippen LogP contribution is 2.40. The zero-order chi connectivity index (χ0) is 19.7. The van der Waals surface area contributed by atoms with Crippen LogP contribution in [0.4, 0.5) is 4.79 Å². The summed E-state index contributed by atoms with van der Waals surface area (Å²) in [6.07, 6.45) is 4.87. The number of thiophene rings is 1. The summed E-state index contributed by atoms with van der Waals surface area (Å²) < 4.78 is 0. The molecule has 2 aromatic rings. The molecule has 0 spiro atoms. The third kappa shape index (κ3) is 4.04. The van der Waals surface area contributed by atoms with Gasteiger partial charge in [0.2, 0.25) is 11.8 Å². The topological polar surface area (TPSA) is 92.3 Å². The Morgan fingerprint density at radius 1 is 1.39 bits per heavy atom. The van der Waals surface area contributed by atoms with Crippen molar-refractivity contribution in [1.29, 1.82) is 0 Å². The second kappa shape index (κ2) is 8.38. The molecule has 1 aliphatic heterocycles. The number of nitrogens with zero attached hydrogens (tertiary/aromatic N) is 3. The summed E-state index contributed by atoms with van der Waals surface area (Å²) in [6, 6.07) is 0.